The molecule has 0 aromatic carbocycles. The summed E-state index contributed by atoms with van der Waals surface area (Å²) < 4.78 is 29.4. The van der Waals surface area contributed by atoms with Crippen molar-refractivity contribution in [2.24, 2.45) is 0 Å². The summed E-state index contributed by atoms with van der Waals surface area (Å²) in [7, 11) is 0. The second kappa shape index (κ2) is 31.9. The molecule has 0 aliphatic carbocycles. The van der Waals surface area contributed by atoms with Gasteiger partial charge >= 0.3 is 17.4 Å². The minimum absolute atomic E-state index is 0. The van der Waals surface area contributed by atoms with Gasteiger partial charge in [0.05, 0.1) is 0 Å². The van der Waals surface area contributed by atoms with Crippen LogP contribution in [0, 0.1) is 0 Å². The molecule has 0 unspecified atom stereocenters. The fraction of sp³-hybridized carbons (Fsp3) is 1.00. The van der Waals surface area contributed by atoms with Gasteiger partial charge in [0.2, 0.25) is 0 Å². The molecule has 0 aromatic rings. The number of hydrogen-bond donors (Lipinski definition) is 0. The number of rotatable bonds is 15. The first-order valence-electron chi connectivity index (χ1n) is 9.48. The second-order valence-electron chi connectivity index (χ2n) is 4.52. The molecule has 168 valence electrons. The normalized spacial score (nSPS) is 10.3. The van der Waals surface area contributed by atoms with Crippen LogP contribution in [-0.2, 0) is 28.4 Å². The van der Waals surface area contributed by atoms with Gasteiger partial charge in [0.25, 0.3) is 0 Å². The maximum Gasteiger partial charge on any atom is 3.00 e. The van der Waals surface area contributed by atoms with Gasteiger partial charge in [-0.1, -0.05) is 19.8 Å². The molecule has 28 heavy (non-hydrogen) atoms. The Morgan fingerprint density at radius 2 is 0.571 bits per heavy atom. The van der Waals surface area contributed by atoms with Crippen molar-refractivity contribution in [3.05, 3.63) is 0 Å². The molecule has 0 amide bonds. The van der Waals surface area contributed by atoms with Gasteiger partial charge in [-0.3, -0.25) is 0 Å². The largest absolute Gasteiger partial charge is 3.00 e. The van der Waals surface area contributed by atoms with Gasteiger partial charge in [0, 0.05) is 39.6 Å². The van der Waals surface area contributed by atoms with Crippen molar-refractivity contribution in [2.75, 3.05) is 59.5 Å². The van der Waals surface area contributed by atoms with Gasteiger partial charge in [0.1, 0.15) is 18.9 Å². The molecular formula is C18H39AlO9. The zero-order valence-electron chi connectivity index (χ0n) is 18.3. The first-order chi connectivity index (χ1) is 13.0. The molecule has 0 aliphatic heterocycles. The van der Waals surface area contributed by atoms with Crippen molar-refractivity contribution in [1.29, 1.82) is 0 Å². The van der Waals surface area contributed by atoms with Crippen molar-refractivity contribution < 1.29 is 43.7 Å². The Balaban J connectivity index is -0.000000152. The van der Waals surface area contributed by atoms with E-state index in [1.54, 1.807) is 0 Å². The van der Waals surface area contributed by atoms with Gasteiger partial charge in [-0.2, -0.15) is 0 Å². The third-order valence-electron chi connectivity index (χ3n) is 2.52. The third-order valence-corrected chi connectivity index (χ3v) is 2.52. The molecule has 0 atom stereocenters. The molecule has 0 aliphatic rings. The van der Waals surface area contributed by atoms with Gasteiger partial charge in [-0.15, -0.1) is 0 Å². The van der Waals surface area contributed by atoms with Crippen molar-refractivity contribution in [3.63, 3.8) is 0 Å². The zero-order valence-corrected chi connectivity index (χ0v) is 19.5. The van der Waals surface area contributed by atoms with Crippen LogP contribution < -0.4 is 15.3 Å². The van der Waals surface area contributed by atoms with E-state index in [9.17, 15) is 15.3 Å². The molecule has 0 saturated carbocycles. The summed E-state index contributed by atoms with van der Waals surface area (Å²) in [5.41, 5.74) is 0. The zero-order chi connectivity index (χ0) is 21.3. The van der Waals surface area contributed by atoms with E-state index in [-0.39, 0.29) is 37.2 Å². The molecule has 10 heteroatoms. The van der Waals surface area contributed by atoms with E-state index in [1.807, 2.05) is 41.5 Å². The summed E-state index contributed by atoms with van der Waals surface area (Å²) in [5.74, 6) is 0. The number of hydrogen-bond acceptors (Lipinski definition) is 9. The van der Waals surface area contributed by atoms with E-state index >= 15 is 0 Å². The Labute approximate surface area is 181 Å². The maximum absolute atomic E-state index is 10.2. The molecule has 0 N–H and O–H groups in total. The molecule has 0 aromatic heterocycles. The SMILES string of the molecule is CCOC(C[O-])OCC.CCOC(C[O-])OCC.CCOC(C[O-])OCC.[Al+3]. The minimum Gasteiger partial charge on any atom is -0.851 e. The number of ether oxygens (including phenoxy) is 6. The summed E-state index contributed by atoms with van der Waals surface area (Å²) in [6.45, 7) is 13.3. The van der Waals surface area contributed by atoms with Gasteiger partial charge < -0.3 is 43.7 Å². The molecule has 0 rings (SSSR count). The van der Waals surface area contributed by atoms with Crippen LogP contribution in [-0.4, -0.2) is 95.7 Å². The van der Waals surface area contributed by atoms with Gasteiger partial charge in [-0.25, -0.2) is 0 Å². The van der Waals surface area contributed by atoms with E-state index in [1.165, 1.54) is 0 Å². The first-order valence-corrected chi connectivity index (χ1v) is 9.48. The third kappa shape index (κ3) is 28.4. The van der Waals surface area contributed by atoms with E-state index in [4.69, 9.17) is 28.4 Å². The van der Waals surface area contributed by atoms with Crippen LogP contribution in [0.25, 0.3) is 0 Å². The molecule has 0 radical (unpaired) electrons. The fourth-order valence-electron chi connectivity index (χ4n) is 1.55. The van der Waals surface area contributed by atoms with Gasteiger partial charge in [-0.05, 0) is 41.5 Å². The molecule has 0 fully saturated rings. The van der Waals surface area contributed by atoms with Crippen molar-refractivity contribution >= 4 is 17.4 Å². The molecular weight excluding hydrogens is 387 g/mol. The Bertz CT molecular complexity index is 195. The summed E-state index contributed by atoms with van der Waals surface area (Å²) in [6.07, 6.45) is -1.63. The summed E-state index contributed by atoms with van der Waals surface area (Å²) in [4.78, 5) is 0. The molecule has 0 heterocycles. The van der Waals surface area contributed by atoms with Gasteiger partial charge in [0.15, 0.2) is 0 Å². The van der Waals surface area contributed by atoms with Crippen LogP contribution in [0.4, 0.5) is 0 Å². The van der Waals surface area contributed by atoms with Crippen LogP contribution in [0.5, 0.6) is 0 Å². The maximum atomic E-state index is 10.2. The average molecular weight is 426 g/mol. The average Bonchev–Trinajstić information content (AvgIpc) is 2.68. The predicted octanol–water partition coefficient (Wildman–Crippen LogP) is -1.14. The second-order valence-corrected chi connectivity index (χ2v) is 4.52. The van der Waals surface area contributed by atoms with E-state index in [0.717, 1.165) is 0 Å². The predicted molar refractivity (Wildman–Crippen MR) is 101 cm³/mol. The monoisotopic (exact) mass is 426 g/mol. The summed E-state index contributed by atoms with van der Waals surface area (Å²) >= 11 is 0. The van der Waals surface area contributed by atoms with Crippen molar-refractivity contribution in [2.45, 2.75) is 60.4 Å². The molecule has 9 nitrogen and oxygen atoms in total. The fourth-order valence-corrected chi connectivity index (χ4v) is 1.55. The Morgan fingerprint density at radius 3 is 0.643 bits per heavy atom. The molecule has 0 saturated heterocycles. The summed E-state index contributed by atoms with van der Waals surface area (Å²) in [6, 6.07) is 0. The Morgan fingerprint density at radius 1 is 0.429 bits per heavy atom. The van der Waals surface area contributed by atoms with Crippen molar-refractivity contribution in [3.8, 4) is 0 Å². The Hall–Kier alpha value is 0.172. The van der Waals surface area contributed by atoms with Crippen LogP contribution in [0.2, 0.25) is 0 Å². The van der Waals surface area contributed by atoms with Crippen LogP contribution >= 0.6 is 0 Å². The van der Waals surface area contributed by atoms with E-state index in [2.05, 4.69) is 0 Å². The van der Waals surface area contributed by atoms with Crippen LogP contribution in [0.3, 0.4) is 0 Å². The smallest absolute Gasteiger partial charge is 0.851 e. The van der Waals surface area contributed by atoms with E-state index < -0.39 is 18.9 Å². The van der Waals surface area contributed by atoms with Crippen LogP contribution in [0.1, 0.15) is 41.5 Å². The quantitative estimate of drug-likeness (QED) is 0.236. The minimum atomic E-state index is -0.542. The molecule has 0 bridgehead atoms. The van der Waals surface area contributed by atoms with Crippen LogP contribution in [0.15, 0.2) is 0 Å². The Kier molecular flexibility index (Phi) is 40.5. The topological polar surface area (TPSA) is 125 Å². The van der Waals surface area contributed by atoms with E-state index in [0.29, 0.717) is 39.6 Å². The first kappa shape index (κ1) is 35.6. The van der Waals surface area contributed by atoms with Crippen molar-refractivity contribution in [1.82, 2.24) is 0 Å². The summed E-state index contributed by atoms with van der Waals surface area (Å²) in [5, 5.41) is 30.5. The molecule has 0 spiro atoms. The standard InChI is InChI=1S/3C6H13O3.Al/c3*1-3-8-6(5-7)9-4-2;/h3*6H,3-5H2,1-2H3;/q3*-1;+3.